The average molecular weight is 387 g/mol. The number of hydrogen-bond acceptors (Lipinski definition) is 4. The number of carbonyl (C=O) groups excluding carboxylic acids is 1. The van der Waals surface area contributed by atoms with E-state index in [2.05, 4.69) is 4.74 Å². The van der Waals surface area contributed by atoms with E-state index in [4.69, 9.17) is 9.47 Å². The van der Waals surface area contributed by atoms with Crippen molar-refractivity contribution >= 4 is 11.6 Å². The third-order valence-corrected chi connectivity index (χ3v) is 5.43. The lowest BCUT2D eigenvalue weighted by Crippen LogP contribution is -2.39. The number of alkyl halides is 3. The van der Waals surface area contributed by atoms with Crippen LogP contribution in [0.2, 0.25) is 0 Å². The van der Waals surface area contributed by atoms with E-state index in [9.17, 15) is 18.0 Å². The van der Waals surface area contributed by atoms with Gasteiger partial charge >= 0.3 is 6.36 Å². The van der Waals surface area contributed by atoms with E-state index in [1.807, 2.05) is 0 Å². The second-order valence-electron chi connectivity index (χ2n) is 7.09. The molecule has 1 aliphatic heterocycles. The Hall–Kier alpha value is -1.80. The lowest BCUT2D eigenvalue weighted by atomic mass is 9.72. The highest BCUT2D eigenvalue weighted by Gasteiger charge is 2.48. The molecule has 1 heterocycles. The minimum absolute atomic E-state index is 0.0577. The molecular formula is C19H24F3NO4. The first-order valence-corrected chi connectivity index (χ1v) is 9.11. The molecule has 0 N–H and O–H groups in total. The number of anilines is 1. The molecule has 1 aromatic carbocycles. The van der Waals surface area contributed by atoms with E-state index in [0.717, 1.165) is 32.1 Å². The Labute approximate surface area is 156 Å². The first kappa shape index (κ1) is 19.9. The lowest BCUT2D eigenvalue weighted by Gasteiger charge is -2.35. The zero-order chi connectivity index (χ0) is 19.5. The van der Waals surface area contributed by atoms with Crippen molar-refractivity contribution in [1.82, 2.24) is 0 Å². The van der Waals surface area contributed by atoms with Crippen LogP contribution in [0.25, 0.3) is 0 Å². The van der Waals surface area contributed by atoms with Crippen molar-refractivity contribution in [3.05, 3.63) is 24.3 Å². The smallest absolute Gasteiger partial charge is 0.406 e. The van der Waals surface area contributed by atoms with Crippen LogP contribution in [0.3, 0.4) is 0 Å². The molecule has 0 aromatic heterocycles. The summed E-state index contributed by atoms with van der Waals surface area (Å²) >= 11 is 0. The normalized spacial score (nSPS) is 26.0. The third-order valence-electron chi connectivity index (χ3n) is 5.43. The predicted octanol–water partition coefficient (Wildman–Crippen LogP) is 3.91. The number of benzene rings is 1. The Balaban J connectivity index is 1.59. The van der Waals surface area contributed by atoms with Gasteiger partial charge in [0.15, 0.2) is 0 Å². The number of amides is 1. The summed E-state index contributed by atoms with van der Waals surface area (Å²) in [6.07, 6.45) is -0.587. The first-order chi connectivity index (χ1) is 12.8. The molecule has 0 bridgehead atoms. The van der Waals surface area contributed by atoms with Crippen molar-refractivity contribution in [1.29, 1.82) is 0 Å². The summed E-state index contributed by atoms with van der Waals surface area (Å²) in [6.45, 7) is 1.69. The van der Waals surface area contributed by atoms with Crippen molar-refractivity contribution in [2.45, 2.75) is 44.6 Å². The molecule has 1 saturated heterocycles. The number of hydrogen-bond donors (Lipinski definition) is 0. The summed E-state index contributed by atoms with van der Waals surface area (Å²) in [5, 5.41) is 0. The quantitative estimate of drug-likeness (QED) is 0.695. The Kier molecular flexibility index (Phi) is 5.95. The van der Waals surface area contributed by atoms with Crippen molar-refractivity contribution in [2.24, 2.45) is 5.41 Å². The largest absolute Gasteiger partial charge is 0.573 e. The zero-order valence-corrected chi connectivity index (χ0v) is 15.3. The van der Waals surface area contributed by atoms with Crippen LogP contribution in [0.5, 0.6) is 5.75 Å². The molecule has 0 unspecified atom stereocenters. The van der Waals surface area contributed by atoms with Crippen molar-refractivity contribution in [2.75, 3.05) is 31.8 Å². The van der Waals surface area contributed by atoms with Crippen LogP contribution in [0, 0.1) is 5.41 Å². The molecule has 0 radical (unpaired) electrons. The Morgan fingerprint density at radius 1 is 1.11 bits per heavy atom. The summed E-state index contributed by atoms with van der Waals surface area (Å²) in [5.41, 5.74) is 0.229. The molecule has 1 amide bonds. The molecule has 2 aliphatic rings. The van der Waals surface area contributed by atoms with Crippen LogP contribution in [0.15, 0.2) is 24.3 Å². The van der Waals surface area contributed by atoms with Crippen LogP contribution in [-0.2, 0) is 14.3 Å². The van der Waals surface area contributed by atoms with E-state index >= 15 is 0 Å². The highest BCUT2D eigenvalue weighted by molar-refractivity contribution is 6.00. The van der Waals surface area contributed by atoms with Gasteiger partial charge in [0.1, 0.15) is 5.75 Å². The monoisotopic (exact) mass is 387 g/mol. The van der Waals surface area contributed by atoms with Gasteiger partial charge in [-0.15, -0.1) is 13.2 Å². The van der Waals surface area contributed by atoms with Gasteiger partial charge in [0.2, 0.25) is 5.91 Å². The maximum Gasteiger partial charge on any atom is 0.573 e. The number of methoxy groups -OCH3 is 1. The summed E-state index contributed by atoms with van der Waals surface area (Å²) in [5.74, 6) is -0.233. The van der Waals surface area contributed by atoms with Crippen LogP contribution in [0.4, 0.5) is 18.9 Å². The van der Waals surface area contributed by atoms with Gasteiger partial charge in [-0.05, 0) is 56.4 Å². The standard InChI is InChI=1S/C19H24F3NO4/c1-25-12-13-26-15-6-8-18(9-7-15)10-11-23(17(18)24)14-2-4-16(5-3-14)27-19(20,21)22/h2-5,15H,6-13H2,1H3. The van der Waals surface area contributed by atoms with E-state index < -0.39 is 6.36 Å². The molecule has 27 heavy (non-hydrogen) atoms. The SMILES string of the molecule is COCCOC1CCC2(CC1)CCN(c1ccc(OC(F)(F)F)cc1)C2=O. The number of carbonyl (C=O) groups is 1. The van der Waals surface area contributed by atoms with Gasteiger partial charge in [-0.25, -0.2) is 0 Å². The Morgan fingerprint density at radius 3 is 2.37 bits per heavy atom. The maximum atomic E-state index is 13.0. The van der Waals surface area contributed by atoms with E-state index in [0.29, 0.717) is 25.4 Å². The predicted molar refractivity (Wildman–Crippen MR) is 92.6 cm³/mol. The van der Waals surface area contributed by atoms with E-state index in [1.165, 1.54) is 24.3 Å². The average Bonchev–Trinajstić information content (AvgIpc) is 2.93. The van der Waals surface area contributed by atoms with E-state index in [1.54, 1.807) is 12.0 Å². The fourth-order valence-electron chi connectivity index (χ4n) is 3.97. The molecule has 5 nitrogen and oxygen atoms in total. The van der Waals surface area contributed by atoms with Crippen molar-refractivity contribution in [3.8, 4) is 5.75 Å². The Bertz CT molecular complexity index is 639. The molecule has 1 aromatic rings. The van der Waals surface area contributed by atoms with Crippen LogP contribution in [-0.4, -0.2) is 45.2 Å². The number of rotatable bonds is 6. The van der Waals surface area contributed by atoms with Gasteiger partial charge in [-0.2, -0.15) is 0 Å². The lowest BCUT2D eigenvalue weighted by molar-refractivity contribution is -0.274. The molecule has 150 valence electrons. The molecule has 3 rings (SSSR count). The van der Waals surface area contributed by atoms with Crippen molar-refractivity contribution < 1.29 is 32.2 Å². The fraction of sp³-hybridized carbons (Fsp3) is 0.632. The topological polar surface area (TPSA) is 48.0 Å². The summed E-state index contributed by atoms with van der Waals surface area (Å²) < 4.78 is 51.4. The maximum absolute atomic E-state index is 13.0. The zero-order valence-electron chi connectivity index (χ0n) is 15.3. The van der Waals surface area contributed by atoms with Gasteiger partial charge in [-0.1, -0.05) is 0 Å². The van der Waals surface area contributed by atoms with Gasteiger partial charge in [0.05, 0.1) is 24.7 Å². The van der Waals surface area contributed by atoms with Gasteiger partial charge < -0.3 is 19.1 Å². The fourth-order valence-corrected chi connectivity index (χ4v) is 3.97. The summed E-state index contributed by atoms with van der Waals surface area (Å²) in [4.78, 5) is 14.7. The minimum Gasteiger partial charge on any atom is -0.406 e. The molecule has 8 heteroatoms. The first-order valence-electron chi connectivity index (χ1n) is 9.11. The van der Waals surface area contributed by atoms with Crippen LogP contribution < -0.4 is 9.64 Å². The molecule has 2 fully saturated rings. The van der Waals surface area contributed by atoms with Crippen LogP contribution >= 0.6 is 0 Å². The van der Waals surface area contributed by atoms with Gasteiger partial charge in [0.25, 0.3) is 0 Å². The van der Waals surface area contributed by atoms with E-state index in [-0.39, 0.29) is 23.2 Å². The molecular weight excluding hydrogens is 363 g/mol. The van der Waals surface area contributed by atoms with Gasteiger partial charge in [0, 0.05) is 19.3 Å². The molecule has 1 saturated carbocycles. The second kappa shape index (κ2) is 8.06. The van der Waals surface area contributed by atoms with Gasteiger partial charge in [-0.3, -0.25) is 4.79 Å². The molecule has 1 aliphatic carbocycles. The summed E-state index contributed by atoms with van der Waals surface area (Å²) in [6, 6.07) is 5.47. The highest BCUT2D eigenvalue weighted by Crippen LogP contribution is 2.46. The summed E-state index contributed by atoms with van der Waals surface area (Å²) in [7, 11) is 1.63. The highest BCUT2D eigenvalue weighted by atomic mass is 19.4. The third kappa shape index (κ3) is 4.73. The Morgan fingerprint density at radius 2 is 1.78 bits per heavy atom. The van der Waals surface area contributed by atoms with Crippen molar-refractivity contribution in [3.63, 3.8) is 0 Å². The molecule has 1 spiro atoms. The number of halogens is 3. The second-order valence-corrected chi connectivity index (χ2v) is 7.09. The van der Waals surface area contributed by atoms with Crippen LogP contribution in [0.1, 0.15) is 32.1 Å². The number of nitrogens with zero attached hydrogens (tertiary/aromatic N) is 1. The molecule has 0 atom stereocenters. The number of ether oxygens (including phenoxy) is 3. The minimum atomic E-state index is -4.72.